The van der Waals surface area contributed by atoms with E-state index < -0.39 is 0 Å². The first kappa shape index (κ1) is 12.7. The first-order valence-corrected chi connectivity index (χ1v) is 6.34. The Morgan fingerprint density at radius 3 is 2.89 bits per heavy atom. The number of carbonyl (C=O) groups is 1. The van der Waals surface area contributed by atoms with Gasteiger partial charge in [-0.3, -0.25) is 4.79 Å². The Bertz CT molecular complexity index is 445. The summed E-state index contributed by atoms with van der Waals surface area (Å²) < 4.78 is 5.09. The molecule has 2 rings (SSSR count). The normalized spacial score (nSPS) is 19.7. The second-order valence-electron chi connectivity index (χ2n) is 4.96. The van der Waals surface area contributed by atoms with Crippen LogP contribution in [0.4, 0.5) is 5.69 Å². The van der Waals surface area contributed by atoms with Gasteiger partial charge in [0, 0.05) is 18.7 Å². The van der Waals surface area contributed by atoms with E-state index in [2.05, 4.69) is 6.92 Å². The summed E-state index contributed by atoms with van der Waals surface area (Å²) in [6, 6.07) is 5.22. The van der Waals surface area contributed by atoms with Gasteiger partial charge in [-0.2, -0.15) is 0 Å². The fourth-order valence-electron chi connectivity index (χ4n) is 2.42. The molecule has 0 aliphatic carbocycles. The van der Waals surface area contributed by atoms with Crippen molar-refractivity contribution in [2.24, 2.45) is 5.92 Å². The van der Waals surface area contributed by atoms with E-state index in [1.165, 1.54) is 6.42 Å². The van der Waals surface area contributed by atoms with Crippen molar-refractivity contribution < 1.29 is 9.53 Å². The second-order valence-corrected chi connectivity index (χ2v) is 4.96. The highest BCUT2D eigenvalue weighted by atomic mass is 16.5. The molecule has 0 bridgehead atoms. The van der Waals surface area contributed by atoms with Crippen molar-refractivity contribution in [1.82, 2.24) is 4.90 Å². The summed E-state index contributed by atoms with van der Waals surface area (Å²) in [6.45, 7) is 3.86. The van der Waals surface area contributed by atoms with E-state index in [0.29, 0.717) is 22.9 Å². The highest BCUT2D eigenvalue weighted by Crippen LogP contribution is 2.24. The number of nitrogen functional groups attached to an aromatic ring is 1. The summed E-state index contributed by atoms with van der Waals surface area (Å²) in [4.78, 5) is 14.2. The topological polar surface area (TPSA) is 55.6 Å². The summed E-state index contributed by atoms with van der Waals surface area (Å²) in [7, 11) is 1.57. The molecule has 1 aliphatic rings. The molecule has 1 aromatic rings. The van der Waals surface area contributed by atoms with Crippen LogP contribution in [0.3, 0.4) is 0 Å². The van der Waals surface area contributed by atoms with Crippen LogP contribution >= 0.6 is 0 Å². The third kappa shape index (κ3) is 2.58. The highest BCUT2D eigenvalue weighted by Gasteiger charge is 2.22. The van der Waals surface area contributed by atoms with Crippen molar-refractivity contribution >= 4 is 11.6 Å². The van der Waals surface area contributed by atoms with E-state index in [0.717, 1.165) is 19.5 Å². The molecule has 4 heteroatoms. The number of methoxy groups -OCH3 is 1. The van der Waals surface area contributed by atoms with Gasteiger partial charge in [0.15, 0.2) is 0 Å². The van der Waals surface area contributed by atoms with Gasteiger partial charge in [0.05, 0.1) is 12.8 Å². The molecule has 0 radical (unpaired) electrons. The average Bonchev–Trinajstić information content (AvgIpc) is 2.37. The Morgan fingerprint density at radius 1 is 1.50 bits per heavy atom. The predicted octanol–water partition coefficient (Wildman–Crippen LogP) is 2.15. The van der Waals surface area contributed by atoms with Crippen LogP contribution < -0.4 is 10.5 Å². The number of ether oxygens (including phenoxy) is 1. The fraction of sp³-hybridized carbons (Fsp3) is 0.500. The number of likely N-dealkylation sites (tertiary alicyclic amines) is 1. The Kier molecular flexibility index (Phi) is 3.75. The molecule has 1 aromatic carbocycles. The van der Waals surface area contributed by atoms with Crippen molar-refractivity contribution in [1.29, 1.82) is 0 Å². The first-order chi connectivity index (χ1) is 8.61. The SMILES string of the molecule is COc1ccc(C(=O)N2CCC[C@H](C)C2)cc1N. The van der Waals surface area contributed by atoms with E-state index in [9.17, 15) is 4.79 Å². The second kappa shape index (κ2) is 5.29. The number of hydrogen-bond acceptors (Lipinski definition) is 3. The molecule has 18 heavy (non-hydrogen) atoms. The zero-order valence-corrected chi connectivity index (χ0v) is 11.0. The molecule has 0 aromatic heterocycles. The van der Waals surface area contributed by atoms with Crippen LogP contribution in [-0.2, 0) is 0 Å². The minimum absolute atomic E-state index is 0.0657. The van der Waals surface area contributed by atoms with Gasteiger partial charge in [-0.25, -0.2) is 0 Å². The van der Waals surface area contributed by atoms with Gasteiger partial charge in [-0.05, 0) is 37.0 Å². The summed E-state index contributed by atoms with van der Waals surface area (Å²) in [6.07, 6.45) is 2.28. The smallest absolute Gasteiger partial charge is 0.253 e. The molecule has 1 atom stereocenters. The number of carbonyl (C=O) groups excluding carboxylic acids is 1. The Hall–Kier alpha value is -1.71. The van der Waals surface area contributed by atoms with Crippen LogP contribution in [0.15, 0.2) is 18.2 Å². The zero-order valence-electron chi connectivity index (χ0n) is 11.0. The lowest BCUT2D eigenvalue weighted by Crippen LogP contribution is -2.39. The number of amides is 1. The number of anilines is 1. The molecular weight excluding hydrogens is 228 g/mol. The number of nitrogens with zero attached hydrogens (tertiary/aromatic N) is 1. The summed E-state index contributed by atoms with van der Waals surface area (Å²) >= 11 is 0. The lowest BCUT2D eigenvalue weighted by molar-refractivity contribution is 0.0683. The zero-order chi connectivity index (χ0) is 13.1. The average molecular weight is 248 g/mol. The molecule has 1 saturated heterocycles. The van der Waals surface area contributed by atoms with E-state index in [4.69, 9.17) is 10.5 Å². The molecule has 0 spiro atoms. The standard InChI is InChI=1S/C14H20N2O2/c1-10-4-3-7-16(9-10)14(17)11-5-6-13(18-2)12(15)8-11/h5-6,8,10H,3-4,7,9,15H2,1-2H3/t10-/m0/s1. The molecule has 1 fully saturated rings. The van der Waals surface area contributed by atoms with Crippen molar-refractivity contribution in [3.05, 3.63) is 23.8 Å². The third-order valence-electron chi connectivity index (χ3n) is 3.42. The van der Waals surface area contributed by atoms with E-state index in [-0.39, 0.29) is 5.91 Å². The van der Waals surface area contributed by atoms with Crippen LogP contribution in [0.2, 0.25) is 0 Å². The fourth-order valence-corrected chi connectivity index (χ4v) is 2.42. The van der Waals surface area contributed by atoms with Crippen LogP contribution in [0.25, 0.3) is 0 Å². The van der Waals surface area contributed by atoms with Crippen molar-refractivity contribution in [3.8, 4) is 5.75 Å². The van der Waals surface area contributed by atoms with Gasteiger partial charge in [-0.1, -0.05) is 6.92 Å². The van der Waals surface area contributed by atoms with E-state index in [1.54, 1.807) is 25.3 Å². The Balaban J connectivity index is 2.15. The molecule has 4 nitrogen and oxygen atoms in total. The maximum absolute atomic E-state index is 12.3. The van der Waals surface area contributed by atoms with Crippen LogP contribution in [0.1, 0.15) is 30.1 Å². The van der Waals surface area contributed by atoms with Crippen LogP contribution in [-0.4, -0.2) is 31.0 Å². The predicted molar refractivity (Wildman–Crippen MR) is 71.7 cm³/mol. The van der Waals surface area contributed by atoms with E-state index >= 15 is 0 Å². The van der Waals surface area contributed by atoms with Crippen molar-refractivity contribution in [2.75, 3.05) is 25.9 Å². The lowest BCUT2D eigenvalue weighted by Gasteiger charge is -2.31. The molecule has 0 saturated carbocycles. The summed E-state index contributed by atoms with van der Waals surface area (Å²) in [5.74, 6) is 1.26. The number of nitrogens with two attached hydrogens (primary N) is 1. The maximum atomic E-state index is 12.3. The van der Waals surface area contributed by atoms with Gasteiger partial charge in [0.25, 0.3) is 5.91 Å². The number of rotatable bonds is 2. The summed E-state index contributed by atoms with van der Waals surface area (Å²) in [5, 5.41) is 0. The number of benzene rings is 1. The van der Waals surface area contributed by atoms with Gasteiger partial charge >= 0.3 is 0 Å². The monoisotopic (exact) mass is 248 g/mol. The Labute approximate surface area is 108 Å². The minimum Gasteiger partial charge on any atom is -0.495 e. The van der Waals surface area contributed by atoms with Crippen LogP contribution in [0, 0.1) is 5.92 Å². The molecule has 98 valence electrons. The Morgan fingerprint density at radius 2 is 2.28 bits per heavy atom. The molecular formula is C14H20N2O2. The molecule has 1 heterocycles. The third-order valence-corrected chi connectivity index (χ3v) is 3.42. The van der Waals surface area contributed by atoms with Gasteiger partial charge in [-0.15, -0.1) is 0 Å². The van der Waals surface area contributed by atoms with Crippen LogP contribution in [0.5, 0.6) is 5.75 Å². The molecule has 1 amide bonds. The largest absolute Gasteiger partial charge is 0.495 e. The quantitative estimate of drug-likeness (QED) is 0.816. The molecule has 2 N–H and O–H groups in total. The molecule has 1 aliphatic heterocycles. The van der Waals surface area contributed by atoms with E-state index in [1.807, 2.05) is 4.90 Å². The lowest BCUT2D eigenvalue weighted by atomic mass is 9.99. The molecule has 0 unspecified atom stereocenters. The van der Waals surface area contributed by atoms with Gasteiger partial charge < -0.3 is 15.4 Å². The maximum Gasteiger partial charge on any atom is 0.253 e. The minimum atomic E-state index is 0.0657. The van der Waals surface area contributed by atoms with Gasteiger partial charge in [0.2, 0.25) is 0 Å². The highest BCUT2D eigenvalue weighted by molar-refractivity contribution is 5.95. The van der Waals surface area contributed by atoms with Crippen molar-refractivity contribution in [3.63, 3.8) is 0 Å². The van der Waals surface area contributed by atoms with Gasteiger partial charge in [0.1, 0.15) is 5.75 Å². The number of piperidine rings is 1. The summed E-state index contributed by atoms with van der Waals surface area (Å²) in [5.41, 5.74) is 6.98. The first-order valence-electron chi connectivity index (χ1n) is 6.34. The van der Waals surface area contributed by atoms with Crippen molar-refractivity contribution in [2.45, 2.75) is 19.8 Å². The number of hydrogen-bond donors (Lipinski definition) is 1.